The molecule has 0 bridgehead atoms. The van der Waals surface area contributed by atoms with Crippen molar-refractivity contribution in [2.24, 2.45) is 11.8 Å². The van der Waals surface area contributed by atoms with E-state index in [9.17, 15) is 19.2 Å². The van der Waals surface area contributed by atoms with Crippen LogP contribution in [0.5, 0.6) is 0 Å². The van der Waals surface area contributed by atoms with Crippen LogP contribution in [0.4, 0.5) is 0 Å². The number of carboxylic acid groups (broad SMARTS) is 1. The zero-order chi connectivity index (χ0) is 16.8. The van der Waals surface area contributed by atoms with E-state index in [2.05, 4.69) is 10.6 Å². The third-order valence-corrected chi connectivity index (χ3v) is 4.51. The van der Waals surface area contributed by atoms with Gasteiger partial charge in [0.2, 0.25) is 11.8 Å². The summed E-state index contributed by atoms with van der Waals surface area (Å²) in [6.07, 6.45) is 6.53. The zero-order valence-electron chi connectivity index (χ0n) is 13.1. The molecule has 2 rings (SSSR count). The molecule has 7 nitrogen and oxygen atoms in total. The third kappa shape index (κ3) is 5.65. The first-order valence-corrected chi connectivity index (χ1v) is 8.27. The lowest BCUT2D eigenvalue weighted by Crippen LogP contribution is -2.51. The van der Waals surface area contributed by atoms with E-state index in [1.165, 1.54) is 0 Å². The van der Waals surface area contributed by atoms with Crippen LogP contribution in [-0.2, 0) is 19.2 Å². The predicted octanol–water partition coefficient (Wildman–Crippen LogP) is 0.620. The molecule has 0 unspecified atom stereocenters. The minimum Gasteiger partial charge on any atom is -0.481 e. The molecule has 0 aromatic carbocycles. The van der Waals surface area contributed by atoms with Crippen LogP contribution in [0.3, 0.4) is 0 Å². The molecule has 2 amide bonds. The molecule has 2 fully saturated rings. The Labute approximate surface area is 135 Å². The maximum absolute atomic E-state index is 12.4. The summed E-state index contributed by atoms with van der Waals surface area (Å²) in [5, 5.41) is 14.0. The standard InChI is InChI=1S/C16H24N2O5/c19-9-12(8-14(20)21)17-16(23)13(7-10-3-1-2-4-10)18-15(22)11-5-6-11/h9-13H,1-8H2,(H,17,23)(H,18,22)(H,20,21)/t12-,13+/m1/s1. The Hall–Kier alpha value is -1.92. The Balaban J connectivity index is 1.94. The van der Waals surface area contributed by atoms with Gasteiger partial charge in [-0.2, -0.15) is 0 Å². The molecule has 0 aliphatic heterocycles. The number of carboxylic acids is 1. The maximum atomic E-state index is 12.4. The summed E-state index contributed by atoms with van der Waals surface area (Å²) < 4.78 is 0. The van der Waals surface area contributed by atoms with Crippen LogP contribution >= 0.6 is 0 Å². The average Bonchev–Trinajstić information content (AvgIpc) is 3.23. The van der Waals surface area contributed by atoms with Gasteiger partial charge in [0, 0.05) is 5.92 Å². The van der Waals surface area contributed by atoms with Gasteiger partial charge >= 0.3 is 5.97 Å². The van der Waals surface area contributed by atoms with E-state index in [0.29, 0.717) is 18.6 Å². The van der Waals surface area contributed by atoms with Gasteiger partial charge in [0.15, 0.2) is 0 Å². The summed E-state index contributed by atoms with van der Waals surface area (Å²) in [6.45, 7) is 0. The molecule has 7 heteroatoms. The fourth-order valence-electron chi connectivity index (χ4n) is 3.05. The second-order valence-corrected chi connectivity index (χ2v) is 6.57. The summed E-state index contributed by atoms with van der Waals surface area (Å²) in [5.41, 5.74) is 0. The Morgan fingerprint density at radius 3 is 2.26 bits per heavy atom. The van der Waals surface area contributed by atoms with Crippen molar-refractivity contribution in [3.8, 4) is 0 Å². The van der Waals surface area contributed by atoms with Crippen molar-refractivity contribution in [2.75, 3.05) is 0 Å². The van der Waals surface area contributed by atoms with Crippen LogP contribution in [0.1, 0.15) is 51.4 Å². The van der Waals surface area contributed by atoms with Crippen LogP contribution in [0.25, 0.3) is 0 Å². The number of hydrogen-bond acceptors (Lipinski definition) is 4. The molecule has 2 atom stereocenters. The first-order chi connectivity index (χ1) is 11.0. The lowest BCUT2D eigenvalue weighted by Gasteiger charge is -2.23. The van der Waals surface area contributed by atoms with Gasteiger partial charge in [0.05, 0.1) is 12.5 Å². The van der Waals surface area contributed by atoms with Gasteiger partial charge < -0.3 is 20.5 Å². The lowest BCUT2D eigenvalue weighted by atomic mass is 9.97. The van der Waals surface area contributed by atoms with Gasteiger partial charge in [0.1, 0.15) is 12.3 Å². The molecule has 2 aliphatic carbocycles. The summed E-state index contributed by atoms with van der Waals surface area (Å²) >= 11 is 0. The van der Waals surface area contributed by atoms with Crippen molar-refractivity contribution in [3.63, 3.8) is 0 Å². The minimum absolute atomic E-state index is 0.00485. The van der Waals surface area contributed by atoms with Crippen molar-refractivity contribution in [1.29, 1.82) is 0 Å². The van der Waals surface area contributed by atoms with E-state index < -0.39 is 30.4 Å². The summed E-state index contributed by atoms with van der Waals surface area (Å²) in [5.74, 6) is -1.36. The minimum atomic E-state index is -1.16. The van der Waals surface area contributed by atoms with Crippen molar-refractivity contribution in [3.05, 3.63) is 0 Å². The Morgan fingerprint density at radius 1 is 1.09 bits per heavy atom. The zero-order valence-corrected chi connectivity index (χ0v) is 13.1. The molecule has 0 saturated heterocycles. The predicted molar refractivity (Wildman–Crippen MR) is 81.5 cm³/mol. The topological polar surface area (TPSA) is 113 Å². The van der Waals surface area contributed by atoms with E-state index in [0.717, 1.165) is 38.5 Å². The highest BCUT2D eigenvalue weighted by atomic mass is 16.4. The van der Waals surface area contributed by atoms with Crippen molar-refractivity contribution >= 4 is 24.1 Å². The second-order valence-electron chi connectivity index (χ2n) is 6.57. The van der Waals surface area contributed by atoms with E-state index in [-0.39, 0.29) is 11.8 Å². The van der Waals surface area contributed by atoms with Gasteiger partial charge in [-0.05, 0) is 25.2 Å². The molecule has 2 saturated carbocycles. The van der Waals surface area contributed by atoms with Crippen LogP contribution < -0.4 is 10.6 Å². The van der Waals surface area contributed by atoms with Gasteiger partial charge in [-0.1, -0.05) is 25.7 Å². The monoisotopic (exact) mass is 324 g/mol. The fraction of sp³-hybridized carbons (Fsp3) is 0.750. The van der Waals surface area contributed by atoms with E-state index >= 15 is 0 Å². The van der Waals surface area contributed by atoms with Crippen molar-refractivity contribution < 1.29 is 24.3 Å². The molecular formula is C16H24N2O5. The quantitative estimate of drug-likeness (QED) is 0.538. The summed E-state index contributed by atoms with van der Waals surface area (Å²) in [7, 11) is 0. The highest BCUT2D eigenvalue weighted by Gasteiger charge is 2.34. The number of amides is 2. The summed E-state index contributed by atoms with van der Waals surface area (Å²) in [4.78, 5) is 46.0. The number of aliphatic carboxylic acids is 1. The van der Waals surface area contributed by atoms with Crippen molar-refractivity contribution in [2.45, 2.75) is 63.5 Å². The van der Waals surface area contributed by atoms with Gasteiger partial charge in [-0.25, -0.2) is 0 Å². The molecule has 23 heavy (non-hydrogen) atoms. The van der Waals surface area contributed by atoms with Gasteiger partial charge in [-0.3, -0.25) is 14.4 Å². The van der Waals surface area contributed by atoms with Crippen LogP contribution in [0.2, 0.25) is 0 Å². The smallest absolute Gasteiger partial charge is 0.305 e. The lowest BCUT2D eigenvalue weighted by molar-refractivity contribution is -0.139. The summed E-state index contributed by atoms with van der Waals surface area (Å²) in [6, 6.07) is -1.76. The molecule has 3 N–H and O–H groups in total. The number of nitrogens with one attached hydrogen (secondary N) is 2. The van der Waals surface area contributed by atoms with Crippen LogP contribution in [0, 0.1) is 11.8 Å². The van der Waals surface area contributed by atoms with Crippen LogP contribution in [0.15, 0.2) is 0 Å². The molecular weight excluding hydrogens is 300 g/mol. The van der Waals surface area contributed by atoms with Crippen LogP contribution in [-0.4, -0.2) is 41.3 Å². The molecule has 0 aromatic rings. The van der Waals surface area contributed by atoms with Crippen molar-refractivity contribution in [1.82, 2.24) is 10.6 Å². The number of hydrogen-bond donors (Lipinski definition) is 3. The Bertz CT molecular complexity index is 469. The molecule has 0 spiro atoms. The molecule has 0 aromatic heterocycles. The third-order valence-electron chi connectivity index (χ3n) is 4.51. The number of rotatable bonds is 9. The van der Waals surface area contributed by atoms with Gasteiger partial charge in [-0.15, -0.1) is 0 Å². The number of aldehydes is 1. The number of carbonyl (C=O) groups is 4. The molecule has 2 aliphatic rings. The molecule has 0 heterocycles. The van der Waals surface area contributed by atoms with E-state index in [1.54, 1.807) is 0 Å². The largest absolute Gasteiger partial charge is 0.481 e. The highest BCUT2D eigenvalue weighted by molar-refractivity contribution is 5.91. The fourth-order valence-corrected chi connectivity index (χ4v) is 3.05. The normalized spacial score (nSPS) is 20.5. The number of carbonyl (C=O) groups excluding carboxylic acids is 3. The molecule has 128 valence electrons. The Morgan fingerprint density at radius 2 is 1.74 bits per heavy atom. The average molecular weight is 324 g/mol. The van der Waals surface area contributed by atoms with E-state index in [1.807, 2.05) is 0 Å². The highest BCUT2D eigenvalue weighted by Crippen LogP contribution is 2.31. The maximum Gasteiger partial charge on any atom is 0.305 e. The van der Waals surface area contributed by atoms with Gasteiger partial charge in [0.25, 0.3) is 0 Å². The van der Waals surface area contributed by atoms with E-state index in [4.69, 9.17) is 5.11 Å². The SMILES string of the molecule is O=C[C@@H](CC(=O)O)NC(=O)[C@H](CC1CCCC1)NC(=O)C1CC1. The first-order valence-electron chi connectivity index (χ1n) is 8.27. The molecule has 0 radical (unpaired) electrons. The first kappa shape index (κ1) is 17.4. The second kappa shape index (κ2) is 8.08. The Kier molecular flexibility index (Phi) is 6.12.